The van der Waals surface area contributed by atoms with Crippen molar-refractivity contribution in [1.29, 1.82) is 0 Å². The summed E-state index contributed by atoms with van der Waals surface area (Å²) in [5, 5.41) is 18.5. The third-order valence-electron chi connectivity index (χ3n) is 2.77. The fourth-order valence-corrected chi connectivity index (χ4v) is 1.65. The number of nitrogens with two attached hydrogens (primary N) is 1. The summed E-state index contributed by atoms with van der Waals surface area (Å²) >= 11 is 0. The number of aromatic hydroxyl groups is 2. The quantitative estimate of drug-likeness (QED) is 0.526. The molecule has 0 heterocycles. The van der Waals surface area contributed by atoms with Gasteiger partial charge in [0, 0.05) is 19.2 Å². The highest BCUT2D eigenvalue weighted by Gasteiger charge is 2.13. The van der Waals surface area contributed by atoms with Crippen molar-refractivity contribution in [1.82, 2.24) is 4.90 Å². The number of hydrogen-bond acceptors (Lipinski definition) is 4. The van der Waals surface area contributed by atoms with Gasteiger partial charge in [-0.1, -0.05) is 6.42 Å². The van der Waals surface area contributed by atoms with Gasteiger partial charge >= 0.3 is 0 Å². The summed E-state index contributed by atoms with van der Waals surface area (Å²) in [5.74, 6) is -0.674. The third-order valence-corrected chi connectivity index (χ3v) is 2.77. The van der Waals surface area contributed by atoms with Crippen molar-refractivity contribution in [2.45, 2.75) is 19.3 Å². The maximum atomic E-state index is 12.0. The second-order valence-corrected chi connectivity index (χ2v) is 4.28. The molecule has 100 valence electrons. The summed E-state index contributed by atoms with van der Waals surface area (Å²) in [7, 11) is 1.72. The molecule has 5 nitrogen and oxygen atoms in total. The SMILES string of the molecule is CN(CCCCCN)C(=O)c1ccc(O)c(O)c1. The molecule has 0 radical (unpaired) electrons. The number of nitrogens with zero attached hydrogens (tertiary/aromatic N) is 1. The summed E-state index contributed by atoms with van der Waals surface area (Å²) in [6, 6.07) is 4.08. The van der Waals surface area contributed by atoms with Gasteiger partial charge in [-0.05, 0) is 37.6 Å². The molecule has 1 rings (SSSR count). The molecule has 0 bridgehead atoms. The first-order chi connectivity index (χ1) is 8.56. The van der Waals surface area contributed by atoms with E-state index in [-0.39, 0.29) is 17.4 Å². The Balaban J connectivity index is 2.54. The van der Waals surface area contributed by atoms with E-state index in [1.807, 2.05) is 0 Å². The molecule has 1 amide bonds. The van der Waals surface area contributed by atoms with Gasteiger partial charge in [-0.15, -0.1) is 0 Å². The van der Waals surface area contributed by atoms with Gasteiger partial charge in [-0.2, -0.15) is 0 Å². The molecular weight excluding hydrogens is 232 g/mol. The first-order valence-corrected chi connectivity index (χ1v) is 6.03. The van der Waals surface area contributed by atoms with Gasteiger partial charge in [-0.25, -0.2) is 0 Å². The maximum absolute atomic E-state index is 12.0. The Bertz CT molecular complexity index is 407. The molecule has 0 saturated heterocycles. The Hall–Kier alpha value is -1.75. The van der Waals surface area contributed by atoms with Crippen LogP contribution in [0.25, 0.3) is 0 Å². The molecule has 5 heteroatoms. The summed E-state index contributed by atoms with van der Waals surface area (Å²) < 4.78 is 0. The van der Waals surface area contributed by atoms with Crippen molar-refractivity contribution in [3.63, 3.8) is 0 Å². The van der Waals surface area contributed by atoms with Gasteiger partial charge in [-0.3, -0.25) is 4.79 Å². The van der Waals surface area contributed by atoms with Crippen molar-refractivity contribution in [2.24, 2.45) is 5.73 Å². The summed E-state index contributed by atoms with van der Waals surface area (Å²) in [4.78, 5) is 13.6. The molecule has 0 aliphatic heterocycles. The minimum absolute atomic E-state index is 0.168. The molecular formula is C13H20N2O3. The van der Waals surface area contributed by atoms with E-state index >= 15 is 0 Å². The topological polar surface area (TPSA) is 86.8 Å². The highest BCUT2D eigenvalue weighted by atomic mass is 16.3. The van der Waals surface area contributed by atoms with Crippen LogP contribution in [0.15, 0.2) is 18.2 Å². The molecule has 4 N–H and O–H groups in total. The fourth-order valence-electron chi connectivity index (χ4n) is 1.65. The van der Waals surface area contributed by atoms with Gasteiger partial charge < -0.3 is 20.8 Å². The van der Waals surface area contributed by atoms with Gasteiger partial charge in [0.05, 0.1) is 0 Å². The molecule has 0 fully saturated rings. The molecule has 1 aromatic rings. The van der Waals surface area contributed by atoms with E-state index < -0.39 is 0 Å². The smallest absolute Gasteiger partial charge is 0.253 e. The summed E-state index contributed by atoms with van der Waals surface area (Å²) in [6.45, 7) is 1.32. The normalized spacial score (nSPS) is 10.3. The molecule has 0 aliphatic carbocycles. The van der Waals surface area contributed by atoms with Gasteiger partial charge in [0.25, 0.3) is 5.91 Å². The van der Waals surface area contributed by atoms with Gasteiger partial charge in [0.2, 0.25) is 0 Å². The zero-order chi connectivity index (χ0) is 13.5. The monoisotopic (exact) mass is 252 g/mol. The van der Waals surface area contributed by atoms with Crippen LogP contribution >= 0.6 is 0 Å². The lowest BCUT2D eigenvalue weighted by Gasteiger charge is -2.17. The van der Waals surface area contributed by atoms with Gasteiger partial charge in [0.15, 0.2) is 11.5 Å². The Labute approximate surface area is 107 Å². The Morgan fingerprint density at radius 2 is 1.94 bits per heavy atom. The van der Waals surface area contributed by atoms with Crippen LogP contribution < -0.4 is 5.73 Å². The van der Waals surface area contributed by atoms with Crippen LogP contribution in [-0.2, 0) is 0 Å². The molecule has 0 unspecified atom stereocenters. The van der Waals surface area contributed by atoms with Crippen LogP contribution in [0.1, 0.15) is 29.6 Å². The van der Waals surface area contributed by atoms with Crippen LogP contribution in [0.5, 0.6) is 11.5 Å². The lowest BCUT2D eigenvalue weighted by Crippen LogP contribution is -2.27. The average molecular weight is 252 g/mol. The number of phenols is 2. The second kappa shape index (κ2) is 6.86. The van der Waals surface area contributed by atoms with Crippen LogP contribution in [0.3, 0.4) is 0 Å². The minimum atomic E-state index is -0.280. The lowest BCUT2D eigenvalue weighted by atomic mass is 10.1. The fraction of sp³-hybridized carbons (Fsp3) is 0.462. The number of phenolic OH excluding ortho intramolecular Hbond substituents is 2. The van der Waals surface area contributed by atoms with Crippen molar-refractivity contribution in [3.8, 4) is 11.5 Å². The van der Waals surface area contributed by atoms with Crippen LogP contribution in [0, 0.1) is 0 Å². The zero-order valence-corrected chi connectivity index (χ0v) is 10.6. The molecule has 0 spiro atoms. The Kier molecular flexibility index (Phi) is 5.45. The predicted molar refractivity (Wildman–Crippen MR) is 69.6 cm³/mol. The van der Waals surface area contributed by atoms with Crippen molar-refractivity contribution in [3.05, 3.63) is 23.8 Å². The number of unbranched alkanes of at least 4 members (excludes halogenated alkanes) is 2. The van der Waals surface area contributed by atoms with Crippen LogP contribution in [0.4, 0.5) is 0 Å². The van der Waals surface area contributed by atoms with Crippen molar-refractivity contribution >= 4 is 5.91 Å². The number of carbonyl (C=O) groups excluding carboxylic acids is 1. The van der Waals surface area contributed by atoms with E-state index in [4.69, 9.17) is 5.73 Å². The number of carbonyl (C=O) groups is 1. The molecule has 0 aromatic heterocycles. The van der Waals surface area contributed by atoms with Crippen molar-refractivity contribution < 1.29 is 15.0 Å². The summed E-state index contributed by atoms with van der Waals surface area (Å²) in [5.41, 5.74) is 5.76. The van der Waals surface area contributed by atoms with E-state index in [1.165, 1.54) is 18.2 Å². The zero-order valence-electron chi connectivity index (χ0n) is 10.6. The Morgan fingerprint density at radius 3 is 2.56 bits per heavy atom. The summed E-state index contributed by atoms with van der Waals surface area (Å²) in [6.07, 6.45) is 2.86. The highest BCUT2D eigenvalue weighted by Crippen LogP contribution is 2.25. The molecule has 0 atom stereocenters. The first kappa shape index (κ1) is 14.3. The number of rotatable bonds is 6. The molecule has 0 aliphatic rings. The Morgan fingerprint density at radius 1 is 1.22 bits per heavy atom. The standard InChI is InChI=1S/C13H20N2O3/c1-15(8-4-2-3-7-14)13(18)10-5-6-11(16)12(17)9-10/h5-6,9,16-17H,2-4,7-8,14H2,1H3. The average Bonchev–Trinajstić information content (AvgIpc) is 2.37. The van der Waals surface area contributed by atoms with E-state index in [0.29, 0.717) is 18.7 Å². The van der Waals surface area contributed by atoms with E-state index in [9.17, 15) is 15.0 Å². The van der Waals surface area contributed by atoms with Gasteiger partial charge in [0.1, 0.15) is 0 Å². The predicted octanol–water partition coefficient (Wildman–Crippen LogP) is 1.30. The second-order valence-electron chi connectivity index (χ2n) is 4.28. The lowest BCUT2D eigenvalue weighted by molar-refractivity contribution is 0.0792. The first-order valence-electron chi connectivity index (χ1n) is 6.03. The van der Waals surface area contributed by atoms with Crippen LogP contribution in [-0.4, -0.2) is 41.2 Å². The third kappa shape index (κ3) is 3.92. The maximum Gasteiger partial charge on any atom is 0.253 e. The largest absolute Gasteiger partial charge is 0.504 e. The number of amides is 1. The number of hydrogen-bond donors (Lipinski definition) is 3. The van der Waals surface area contributed by atoms with Crippen molar-refractivity contribution in [2.75, 3.05) is 20.1 Å². The van der Waals surface area contributed by atoms with E-state index in [0.717, 1.165) is 19.3 Å². The van der Waals surface area contributed by atoms with E-state index in [2.05, 4.69) is 0 Å². The minimum Gasteiger partial charge on any atom is -0.504 e. The molecule has 1 aromatic carbocycles. The molecule has 0 saturated carbocycles. The number of benzene rings is 1. The van der Waals surface area contributed by atoms with E-state index in [1.54, 1.807) is 11.9 Å². The van der Waals surface area contributed by atoms with Crippen LogP contribution in [0.2, 0.25) is 0 Å². The molecule has 18 heavy (non-hydrogen) atoms. The highest BCUT2D eigenvalue weighted by molar-refractivity contribution is 5.94.